The quantitative estimate of drug-likeness (QED) is 0.278. The van der Waals surface area contributed by atoms with Crippen LogP contribution in [0.25, 0.3) is 0 Å². The Morgan fingerprint density at radius 2 is 0.231 bits per heavy atom. The summed E-state index contributed by atoms with van der Waals surface area (Å²) in [4.78, 5) is 0. The molecule has 0 spiro atoms. The molecule has 0 heterocycles. The van der Waals surface area contributed by atoms with Gasteiger partial charge in [-0.05, 0) is 0 Å². The SMILES string of the molecule is [Cl-].[Cl-].[Cl-].[Cl-].[Cl-].[Cl-].[Cl-].[Cl-].[Ge+4].[Ge+4].[Ge+4].[O-2].[O-2]. The average molecular weight is 533 g/mol. The maximum Gasteiger partial charge on any atom is 4.00 e. The predicted octanol–water partition coefficient (Wildman–Crippen LogP) is -25.3. The summed E-state index contributed by atoms with van der Waals surface area (Å²) in [5.41, 5.74) is 0. The molecule has 0 amide bonds. The second-order valence-corrected chi connectivity index (χ2v) is 0. The van der Waals surface area contributed by atoms with E-state index >= 15 is 0 Å². The smallest absolute Gasteiger partial charge is 2.00 e. The van der Waals surface area contributed by atoms with Gasteiger partial charge in [0.2, 0.25) is 0 Å². The molecule has 0 bridgehead atoms. The van der Waals surface area contributed by atoms with Crippen molar-refractivity contribution in [3.63, 3.8) is 0 Å². The van der Waals surface area contributed by atoms with Crippen LogP contribution in [0.1, 0.15) is 0 Å². The van der Waals surface area contributed by atoms with Crippen molar-refractivity contribution < 1.29 is 110 Å². The van der Waals surface area contributed by atoms with E-state index in [0.29, 0.717) is 0 Å². The Morgan fingerprint density at radius 3 is 0.231 bits per heavy atom. The van der Waals surface area contributed by atoms with Gasteiger partial charge in [0.05, 0.1) is 0 Å². The molecule has 0 radical (unpaired) electrons. The van der Waals surface area contributed by atoms with E-state index in [9.17, 15) is 0 Å². The van der Waals surface area contributed by atoms with Gasteiger partial charge in [-0.25, -0.2) is 0 Å². The summed E-state index contributed by atoms with van der Waals surface area (Å²) in [7, 11) is 0. The topological polar surface area (TPSA) is 57.0 Å². The van der Waals surface area contributed by atoms with Crippen LogP contribution in [-0.2, 0) is 11.0 Å². The first-order valence-electron chi connectivity index (χ1n) is 0. The molecule has 80 valence electrons. The molecule has 0 saturated heterocycles. The Balaban J connectivity index is 0. The summed E-state index contributed by atoms with van der Waals surface area (Å²) in [5.74, 6) is 0. The first-order chi connectivity index (χ1) is 0. The van der Waals surface area contributed by atoms with Crippen LogP contribution >= 0.6 is 0 Å². The third-order valence-electron chi connectivity index (χ3n) is 0. The normalized spacial score (nSPS) is 0. The second kappa shape index (κ2) is 234. The molecule has 0 fully saturated rings. The van der Waals surface area contributed by atoms with Gasteiger partial charge in [-0.1, -0.05) is 0 Å². The van der Waals surface area contributed by atoms with E-state index in [1.807, 2.05) is 0 Å². The van der Waals surface area contributed by atoms with Crippen molar-refractivity contribution in [2.45, 2.75) is 0 Å². The van der Waals surface area contributed by atoms with Gasteiger partial charge < -0.3 is 110 Å². The molecule has 0 saturated carbocycles. The monoisotopic (exact) mass is 534 g/mol. The molecule has 0 aromatic heterocycles. The predicted molar refractivity (Wildman–Crippen MR) is 18.6 cm³/mol. The molecule has 0 rings (SSSR count). The summed E-state index contributed by atoms with van der Waals surface area (Å²) >= 11 is 0. The number of rotatable bonds is 0. The van der Waals surface area contributed by atoms with Gasteiger partial charge in [0, 0.05) is 0 Å². The van der Waals surface area contributed by atoms with Gasteiger partial charge >= 0.3 is 52.8 Å². The molecule has 0 atom stereocenters. The van der Waals surface area contributed by atoms with Crippen LogP contribution in [-0.4, -0.2) is 52.8 Å². The average Bonchev–Trinajstić information content (AvgIpc) is 0. The van der Waals surface area contributed by atoms with E-state index in [1.54, 1.807) is 0 Å². The maximum atomic E-state index is 0. The minimum Gasteiger partial charge on any atom is -2.00 e. The minimum atomic E-state index is 0. The first-order valence-corrected chi connectivity index (χ1v) is 0. The van der Waals surface area contributed by atoms with E-state index in [1.165, 1.54) is 0 Å². The van der Waals surface area contributed by atoms with Crippen molar-refractivity contribution in [2.24, 2.45) is 0 Å². The molecule has 0 aromatic rings. The number of halogens is 8. The van der Waals surface area contributed by atoms with Gasteiger partial charge in [0.15, 0.2) is 0 Å². The van der Waals surface area contributed by atoms with E-state index in [0.717, 1.165) is 0 Å². The van der Waals surface area contributed by atoms with Gasteiger partial charge in [0.25, 0.3) is 0 Å². The van der Waals surface area contributed by atoms with Crippen molar-refractivity contribution in [3.05, 3.63) is 0 Å². The van der Waals surface area contributed by atoms with Crippen LogP contribution in [0, 0.1) is 0 Å². The second-order valence-electron chi connectivity index (χ2n) is 0. The van der Waals surface area contributed by atoms with Crippen molar-refractivity contribution in [2.75, 3.05) is 0 Å². The van der Waals surface area contributed by atoms with Gasteiger partial charge in [-0.15, -0.1) is 0 Å². The van der Waals surface area contributed by atoms with Crippen LogP contribution in [0.2, 0.25) is 0 Å². The molecule has 2 nitrogen and oxygen atoms in total. The van der Waals surface area contributed by atoms with Crippen molar-refractivity contribution in [1.29, 1.82) is 0 Å². The minimum absolute atomic E-state index is 0. The van der Waals surface area contributed by atoms with Crippen LogP contribution in [0.4, 0.5) is 0 Å². The Kier molecular flexibility index (Phi) is 5120. The molecule has 0 N–H and O–H groups in total. The molecule has 0 aliphatic heterocycles. The molecule has 0 aromatic carbocycles. The fourth-order valence-electron chi connectivity index (χ4n) is 0. The number of hydrogen-bond donors (Lipinski definition) is 0. The van der Waals surface area contributed by atoms with Crippen LogP contribution in [0.15, 0.2) is 0 Å². The van der Waals surface area contributed by atoms with Crippen molar-refractivity contribution >= 4 is 52.8 Å². The summed E-state index contributed by atoms with van der Waals surface area (Å²) in [6.45, 7) is 0. The van der Waals surface area contributed by atoms with E-state index in [-0.39, 0.29) is 163 Å². The van der Waals surface area contributed by atoms with Gasteiger partial charge in [0.1, 0.15) is 0 Å². The Morgan fingerprint density at radius 1 is 0.231 bits per heavy atom. The summed E-state index contributed by atoms with van der Waals surface area (Å²) in [5, 5.41) is 0. The third-order valence-corrected chi connectivity index (χ3v) is 0. The molecule has 0 aliphatic rings. The molecular weight excluding hydrogens is 533 g/mol. The van der Waals surface area contributed by atoms with Crippen LogP contribution < -0.4 is 99.3 Å². The molecule has 13 heteroatoms. The fourth-order valence-corrected chi connectivity index (χ4v) is 0. The van der Waals surface area contributed by atoms with Crippen LogP contribution in [0.5, 0.6) is 0 Å². The standard InChI is InChI=1S/8ClH.3Ge.2O/h8*1H;;;;;/q;;;;;;;;3*+4;2*-2/p-8. The van der Waals surface area contributed by atoms with Crippen LogP contribution in [0.3, 0.4) is 0 Å². The Bertz CT molecular complexity index is 17.4. The fraction of sp³-hybridized carbons (Fsp3) is 0. The third kappa shape index (κ3) is 204. The molecule has 13 heavy (non-hydrogen) atoms. The first kappa shape index (κ1) is 284. The van der Waals surface area contributed by atoms with E-state index in [4.69, 9.17) is 0 Å². The van der Waals surface area contributed by atoms with E-state index < -0.39 is 0 Å². The zero-order valence-electron chi connectivity index (χ0n) is 5.34. The molecule has 0 unspecified atom stereocenters. The van der Waals surface area contributed by atoms with Gasteiger partial charge in [-0.3, -0.25) is 0 Å². The maximum absolute atomic E-state index is 0. The number of hydrogen-bond acceptors (Lipinski definition) is 0. The zero-order valence-corrected chi connectivity index (χ0v) is 17.7. The van der Waals surface area contributed by atoms with Gasteiger partial charge in [-0.2, -0.15) is 0 Å². The Hall–Kier alpha value is 3.87. The molecular formula is Cl8Ge3O2. The molecule has 0 aliphatic carbocycles. The Labute approximate surface area is 161 Å². The van der Waals surface area contributed by atoms with Crippen molar-refractivity contribution in [3.8, 4) is 0 Å². The summed E-state index contributed by atoms with van der Waals surface area (Å²) < 4.78 is 0. The summed E-state index contributed by atoms with van der Waals surface area (Å²) in [6, 6.07) is 0. The van der Waals surface area contributed by atoms with Crippen molar-refractivity contribution in [1.82, 2.24) is 0 Å². The summed E-state index contributed by atoms with van der Waals surface area (Å²) in [6.07, 6.45) is 0. The zero-order chi connectivity index (χ0) is 0. The van der Waals surface area contributed by atoms with E-state index in [2.05, 4.69) is 0 Å². The largest absolute Gasteiger partial charge is 4.00 e.